The Balaban J connectivity index is 1.95. The Morgan fingerprint density at radius 3 is 2.87 bits per heavy atom. The minimum Gasteiger partial charge on any atom is -0.265 e. The fourth-order valence-electron chi connectivity index (χ4n) is 0.934. The van der Waals surface area contributed by atoms with E-state index in [0.29, 0.717) is 0 Å². The van der Waals surface area contributed by atoms with E-state index in [9.17, 15) is 4.79 Å². The molecule has 1 N–H and O–H groups in total. The molecule has 7 heteroatoms. The fourth-order valence-corrected chi connectivity index (χ4v) is 3.00. The van der Waals surface area contributed by atoms with Gasteiger partial charge in [-0.15, -0.1) is 0 Å². The number of aromatic nitrogens is 2. The summed E-state index contributed by atoms with van der Waals surface area (Å²) in [5.41, 5.74) is 2.72. The Hall–Kier alpha value is -1.08. The lowest BCUT2D eigenvalue weighted by Crippen LogP contribution is -2.19. The van der Waals surface area contributed by atoms with Crippen LogP contribution in [0, 0.1) is 0 Å². The lowest BCUT2D eigenvalue weighted by Gasteiger charge is -1.98. The lowest BCUT2D eigenvalue weighted by molar-refractivity contribution is 0.0950. The van der Waals surface area contributed by atoms with Crippen molar-refractivity contribution in [1.82, 2.24) is 15.4 Å². The van der Waals surface area contributed by atoms with E-state index in [-0.39, 0.29) is 11.6 Å². The van der Waals surface area contributed by atoms with Crippen LogP contribution in [0.15, 0.2) is 23.7 Å². The van der Waals surface area contributed by atoms with Crippen molar-refractivity contribution in [1.29, 1.82) is 0 Å². The van der Waals surface area contributed by atoms with Crippen molar-refractivity contribution in [2.75, 3.05) is 11.5 Å². The highest BCUT2D eigenvalue weighted by atomic mass is 32.2. The molecule has 0 saturated carbocycles. The molecule has 1 fully saturated rings. The summed E-state index contributed by atoms with van der Waals surface area (Å²) < 4.78 is 0.896. The summed E-state index contributed by atoms with van der Waals surface area (Å²) in [6.07, 6.45) is 4.40. The van der Waals surface area contributed by atoms with E-state index >= 15 is 0 Å². The van der Waals surface area contributed by atoms with Gasteiger partial charge in [0.25, 0.3) is 5.91 Å². The molecule has 2 heterocycles. The Labute approximate surface area is 95.1 Å². The zero-order valence-electron chi connectivity index (χ0n) is 7.71. The monoisotopic (exact) mass is 240 g/mol. The van der Waals surface area contributed by atoms with Crippen LogP contribution in [0.5, 0.6) is 0 Å². The molecular formula is C8H8N4OS2. The number of rotatable bonds is 2. The Kier molecular flexibility index (Phi) is 3.57. The van der Waals surface area contributed by atoms with E-state index in [2.05, 4.69) is 20.5 Å². The van der Waals surface area contributed by atoms with Crippen molar-refractivity contribution in [2.45, 2.75) is 0 Å². The van der Waals surface area contributed by atoms with E-state index in [1.165, 1.54) is 18.6 Å². The minimum absolute atomic E-state index is 0.273. The predicted octanol–water partition coefficient (Wildman–Crippen LogP) is 0.957. The van der Waals surface area contributed by atoms with Crippen LogP contribution in [-0.2, 0) is 0 Å². The summed E-state index contributed by atoms with van der Waals surface area (Å²) in [5, 5.41) is 3.97. The van der Waals surface area contributed by atoms with E-state index < -0.39 is 0 Å². The minimum atomic E-state index is -0.330. The molecule has 0 aromatic carbocycles. The van der Waals surface area contributed by atoms with Crippen LogP contribution in [0.1, 0.15) is 10.5 Å². The van der Waals surface area contributed by atoms with Crippen molar-refractivity contribution < 1.29 is 4.79 Å². The number of carbonyl (C=O) groups excluding carboxylic acids is 1. The third-order valence-electron chi connectivity index (χ3n) is 1.58. The second kappa shape index (κ2) is 5.13. The highest BCUT2D eigenvalue weighted by Gasteiger charge is 2.11. The van der Waals surface area contributed by atoms with Gasteiger partial charge in [-0.1, -0.05) is 23.5 Å². The van der Waals surface area contributed by atoms with Gasteiger partial charge in [0.15, 0.2) is 0 Å². The van der Waals surface area contributed by atoms with Gasteiger partial charge in [-0.25, -0.2) is 10.4 Å². The number of hydrogen-bond acceptors (Lipinski definition) is 6. The molecule has 1 aliphatic heterocycles. The van der Waals surface area contributed by atoms with E-state index in [1.54, 1.807) is 23.5 Å². The van der Waals surface area contributed by atoms with Gasteiger partial charge in [0.2, 0.25) is 0 Å². The van der Waals surface area contributed by atoms with Crippen LogP contribution in [-0.4, -0.2) is 31.8 Å². The topological polar surface area (TPSA) is 67.2 Å². The average molecular weight is 240 g/mol. The normalized spacial score (nSPS) is 15.1. The zero-order chi connectivity index (χ0) is 10.5. The van der Waals surface area contributed by atoms with Crippen LogP contribution < -0.4 is 5.43 Å². The zero-order valence-corrected chi connectivity index (χ0v) is 9.35. The third-order valence-corrected chi connectivity index (χ3v) is 4.04. The van der Waals surface area contributed by atoms with Gasteiger partial charge in [-0.05, 0) is 0 Å². The first-order chi connectivity index (χ1) is 7.36. The molecule has 1 amide bonds. The Morgan fingerprint density at radius 1 is 1.40 bits per heavy atom. The molecule has 0 atom stereocenters. The number of carbonyl (C=O) groups is 1. The summed E-state index contributed by atoms with van der Waals surface area (Å²) in [5.74, 6) is 1.76. The second-order valence-corrected chi connectivity index (χ2v) is 5.03. The number of nitrogens with zero attached hydrogens (tertiary/aromatic N) is 3. The molecule has 78 valence electrons. The van der Waals surface area contributed by atoms with Gasteiger partial charge in [-0.2, -0.15) is 5.10 Å². The largest absolute Gasteiger partial charge is 0.291 e. The molecule has 15 heavy (non-hydrogen) atoms. The Morgan fingerprint density at radius 2 is 2.20 bits per heavy atom. The molecule has 5 nitrogen and oxygen atoms in total. The van der Waals surface area contributed by atoms with Gasteiger partial charge >= 0.3 is 0 Å². The van der Waals surface area contributed by atoms with Crippen LogP contribution in [0.4, 0.5) is 0 Å². The lowest BCUT2D eigenvalue weighted by atomic mass is 10.4. The van der Waals surface area contributed by atoms with E-state index in [0.717, 1.165) is 15.9 Å². The predicted molar refractivity (Wildman–Crippen MR) is 61.8 cm³/mol. The summed E-state index contributed by atoms with van der Waals surface area (Å²) >= 11 is 3.28. The molecule has 1 aliphatic rings. The van der Waals surface area contributed by atoms with Crippen LogP contribution >= 0.6 is 23.5 Å². The van der Waals surface area contributed by atoms with Crippen LogP contribution in [0.2, 0.25) is 0 Å². The number of amides is 1. The maximum absolute atomic E-state index is 11.5. The standard InChI is InChI=1S/C8H8N4OS2/c13-7(6-5-9-1-2-10-6)11-12-8-14-3-4-15-8/h1-2,5H,3-4H2,(H,11,13). The Bertz CT molecular complexity index is 373. The summed E-state index contributed by atoms with van der Waals surface area (Å²) in [6, 6.07) is 0. The first-order valence-electron chi connectivity index (χ1n) is 4.26. The molecule has 0 unspecified atom stereocenters. The molecule has 1 aromatic heterocycles. The third kappa shape index (κ3) is 2.93. The average Bonchev–Trinajstić information content (AvgIpc) is 2.80. The highest BCUT2D eigenvalue weighted by Crippen LogP contribution is 2.25. The van der Waals surface area contributed by atoms with Crippen molar-refractivity contribution >= 4 is 33.8 Å². The van der Waals surface area contributed by atoms with E-state index in [1.807, 2.05) is 0 Å². The number of hydrogen-bond donors (Lipinski definition) is 1. The number of hydrazone groups is 1. The fraction of sp³-hybridized carbons (Fsp3) is 0.250. The van der Waals surface area contributed by atoms with Gasteiger partial charge in [0, 0.05) is 23.9 Å². The quantitative estimate of drug-likeness (QED) is 0.780. The molecule has 1 saturated heterocycles. The summed E-state index contributed by atoms with van der Waals surface area (Å²) in [7, 11) is 0. The van der Waals surface area contributed by atoms with E-state index in [4.69, 9.17) is 0 Å². The molecule has 2 rings (SSSR count). The van der Waals surface area contributed by atoms with Gasteiger partial charge in [-0.3, -0.25) is 9.78 Å². The summed E-state index contributed by atoms with van der Waals surface area (Å²) in [4.78, 5) is 19.1. The molecule has 0 spiro atoms. The molecule has 0 aliphatic carbocycles. The van der Waals surface area contributed by atoms with Crippen molar-refractivity contribution in [3.8, 4) is 0 Å². The smallest absolute Gasteiger partial charge is 0.265 e. The van der Waals surface area contributed by atoms with Gasteiger partial charge < -0.3 is 0 Å². The maximum atomic E-state index is 11.5. The number of thioether (sulfide) groups is 2. The molecule has 0 bridgehead atoms. The second-order valence-electron chi connectivity index (χ2n) is 2.61. The molecule has 1 aromatic rings. The summed E-state index contributed by atoms with van der Waals surface area (Å²) in [6.45, 7) is 0. The van der Waals surface area contributed by atoms with Crippen LogP contribution in [0.25, 0.3) is 0 Å². The van der Waals surface area contributed by atoms with Gasteiger partial charge in [0.1, 0.15) is 10.1 Å². The number of nitrogens with one attached hydrogen (secondary N) is 1. The SMILES string of the molecule is O=C(NN=C1SCCS1)c1cnccn1. The molecule has 0 radical (unpaired) electrons. The first-order valence-corrected chi connectivity index (χ1v) is 6.23. The molecular weight excluding hydrogens is 232 g/mol. The van der Waals surface area contributed by atoms with Crippen molar-refractivity contribution in [3.63, 3.8) is 0 Å². The van der Waals surface area contributed by atoms with Gasteiger partial charge in [0.05, 0.1) is 6.20 Å². The van der Waals surface area contributed by atoms with Crippen LogP contribution in [0.3, 0.4) is 0 Å². The first kappa shape index (κ1) is 10.4. The highest BCUT2D eigenvalue weighted by molar-refractivity contribution is 8.41. The maximum Gasteiger partial charge on any atom is 0.291 e. The van der Waals surface area contributed by atoms with Crippen molar-refractivity contribution in [3.05, 3.63) is 24.3 Å². The van der Waals surface area contributed by atoms with Crippen molar-refractivity contribution in [2.24, 2.45) is 5.10 Å².